The van der Waals surface area contributed by atoms with E-state index in [9.17, 15) is 118 Å². The van der Waals surface area contributed by atoms with E-state index in [0.717, 1.165) is 20.8 Å². The lowest BCUT2D eigenvalue weighted by Crippen LogP contribution is -2.64. The van der Waals surface area contributed by atoms with Gasteiger partial charge in [-0.1, -0.05) is 13.8 Å². The zero-order valence-electron chi connectivity index (χ0n) is 71.7. The van der Waals surface area contributed by atoms with Crippen LogP contribution >= 0.6 is 15.2 Å². The van der Waals surface area contributed by atoms with E-state index in [0.29, 0.717) is 11.4 Å². The Morgan fingerprint density at radius 1 is 0.551 bits per heavy atom. The fourth-order valence-corrected chi connectivity index (χ4v) is 16.4. The zero-order chi connectivity index (χ0) is 93.5. The summed E-state index contributed by atoms with van der Waals surface area (Å²) in [6.45, 7) is -0.352. The van der Waals surface area contributed by atoms with E-state index >= 15 is 0 Å². The molecule has 5 fully saturated rings. The van der Waals surface area contributed by atoms with Gasteiger partial charge in [0.1, 0.15) is 126 Å². The number of aliphatic hydroxyl groups is 10. The molecule has 1 aromatic heterocycles. The number of amides is 6. The molecule has 6 aliphatic rings. The van der Waals surface area contributed by atoms with Gasteiger partial charge in [0.25, 0.3) is 0 Å². The van der Waals surface area contributed by atoms with Gasteiger partial charge in [0.05, 0.1) is 134 Å². The van der Waals surface area contributed by atoms with Gasteiger partial charge in [-0.25, -0.2) is 9.97 Å². The minimum absolute atomic E-state index is 0.0335. The molecule has 0 aliphatic carbocycles. The Morgan fingerprint density at radius 3 is 1.43 bits per heavy atom. The number of β-amino-alcohol motifs (C(OH)–C–C–N with tert-alkyl or cyclic N) is 1. The van der Waals surface area contributed by atoms with Gasteiger partial charge in [-0.05, 0) is 25.6 Å². The first-order valence-electron chi connectivity index (χ1n) is 42.1. The van der Waals surface area contributed by atoms with Crippen LogP contribution in [0.25, 0.3) is 0 Å². The molecule has 7 rings (SSSR count). The van der Waals surface area contributed by atoms with Crippen molar-refractivity contribution in [2.24, 2.45) is 4.99 Å². The van der Waals surface area contributed by atoms with Gasteiger partial charge in [-0.2, -0.15) is 0 Å². The van der Waals surface area contributed by atoms with Gasteiger partial charge in [-0.3, -0.25) is 62.3 Å². The van der Waals surface area contributed by atoms with Crippen molar-refractivity contribution in [3.8, 4) is 0 Å². The standard InChI is InChI=1S/C78H126N10O37P2/c1-42(2)127(111,112)120-37-59-55(30-54(121-59)53-31-81-64-63(53)82-41-83-74(64)79)125-126(6,110)119-36-46-29-52(100)32-88(46)62(103)14-13-61(102)87-78(38-113-23-16-47(95)9-7-11-49(97)18-26-116-75-65(84-43(3)92)71(107)68(104)56(33-89)122-75,39-114-24-17-48(96)10-8-12-50(98)19-27-117-76-66(85-44(4)93)72(108)69(105)57(34-90)123-76)40-115-25-21-60(101)80-22-15-51(99)20-28-118-77-67(86-45(5)94)73(109)70(106)58(35-91)124-77/h31,41-42,46,52-59,65-73,75-77,89-91,100,104-110H,6-30,32-40H2,1-5H3,(H,80,101)(H,84,92)(H,85,93)(H,86,94)(H,87,102)(H,111,112)(H2,79,82,83)/t46-,52+,53?,54+,55-,56?,57?,58?,59+,65?,66?,67?,68-,69-,70-,71+,72+,73+,75+,76+,77+,78?,126?/m0/s1. The first kappa shape index (κ1) is 107. The molecule has 7 heterocycles. The largest absolute Gasteiger partial charge is 0.394 e. The number of fused-ring (bicyclic) bond motifs is 1. The van der Waals surface area contributed by atoms with Crippen molar-refractivity contribution in [3.63, 3.8) is 0 Å². The number of aliphatic hydroxyl groups excluding tert-OH is 10. The second-order valence-corrected chi connectivity index (χ2v) is 36.4. The van der Waals surface area contributed by atoms with Crippen LogP contribution in [0.15, 0.2) is 11.3 Å². The van der Waals surface area contributed by atoms with Crippen molar-refractivity contribution in [2.75, 3.05) is 111 Å². The smallest absolute Gasteiger partial charge is 0.330 e. The number of ketones is 5. The predicted molar refractivity (Wildman–Crippen MR) is 439 cm³/mol. The molecule has 0 bridgehead atoms. The third kappa shape index (κ3) is 34.1. The van der Waals surface area contributed by atoms with Crippen LogP contribution in [-0.4, -0.2) is 392 Å². The summed E-state index contributed by atoms with van der Waals surface area (Å²) < 4.78 is 88.6. The second-order valence-electron chi connectivity index (χ2n) is 32.3. The number of nitrogens with two attached hydrogens (primary N) is 1. The normalized spacial score (nSPS) is 29.0. The first-order valence-corrected chi connectivity index (χ1v) is 45.6. The summed E-state index contributed by atoms with van der Waals surface area (Å²) in [4.78, 5) is 180. The van der Waals surface area contributed by atoms with Crippen molar-refractivity contribution in [1.82, 2.24) is 41.5 Å². The van der Waals surface area contributed by atoms with Crippen LogP contribution in [0.2, 0.25) is 0 Å². The van der Waals surface area contributed by atoms with Gasteiger partial charge in [-0.15, -0.1) is 0 Å². The molecule has 9 unspecified atom stereocenters. The molecule has 127 heavy (non-hydrogen) atoms. The summed E-state index contributed by atoms with van der Waals surface area (Å²) in [5.41, 5.74) is 4.25. The number of rotatable bonds is 58. The molecule has 1 aromatic rings. The number of carbonyl (C=O) groups is 11. The van der Waals surface area contributed by atoms with E-state index in [-0.39, 0.29) is 178 Å². The predicted octanol–water partition coefficient (Wildman–Crippen LogP) is -5.22. The van der Waals surface area contributed by atoms with Gasteiger partial charge in [0.2, 0.25) is 43.0 Å². The maximum absolute atomic E-state index is 14.5. The lowest BCUT2D eigenvalue weighted by molar-refractivity contribution is -0.269. The molecule has 6 amide bonds. The van der Waals surface area contributed by atoms with E-state index in [1.165, 1.54) is 25.1 Å². The highest BCUT2D eigenvalue weighted by Crippen LogP contribution is 2.52. The summed E-state index contributed by atoms with van der Waals surface area (Å²) in [7, 11) is -8.33. The number of aromatic nitrogens is 2. The molecule has 0 radical (unpaired) electrons. The van der Waals surface area contributed by atoms with E-state index < -0.39 is 262 Å². The number of nitrogens with zero attached hydrogens (tertiary/aromatic N) is 4. The number of hydrogen-bond acceptors (Lipinski definition) is 40. The summed E-state index contributed by atoms with van der Waals surface area (Å²) in [5, 5.41) is 116. The Hall–Kier alpha value is -6.75. The number of Topliss-reactive ketones (excluding diaryl/α,β-unsaturated/α-hetero) is 5. The minimum Gasteiger partial charge on any atom is -0.394 e. The molecule has 6 aliphatic heterocycles. The molecule has 0 aromatic carbocycles. The summed E-state index contributed by atoms with van der Waals surface area (Å²) in [6, 6.07) is -4.70. The van der Waals surface area contributed by atoms with Gasteiger partial charge in [0, 0.05) is 130 Å². The molecule has 47 nitrogen and oxygen atoms in total. The van der Waals surface area contributed by atoms with E-state index in [4.69, 9.17) is 66.7 Å². The quantitative estimate of drug-likeness (QED) is 0.0214. The Morgan fingerprint density at radius 2 is 0.992 bits per heavy atom. The highest BCUT2D eigenvalue weighted by atomic mass is 31.2. The van der Waals surface area contributed by atoms with Gasteiger partial charge < -0.3 is 159 Å². The molecule has 23 atom stereocenters. The monoisotopic (exact) mass is 1860 g/mol. The Kier molecular flexibility index (Phi) is 44.3. The van der Waals surface area contributed by atoms with E-state index in [2.05, 4.69) is 47.8 Å². The summed E-state index contributed by atoms with van der Waals surface area (Å²) in [6.07, 6.45) is -17.8. The van der Waals surface area contributed by atoms with E-state index in [1.54, 1.807) is 6.21 Å². The number of ether oxygens (including phenoxy) is 10. The number of aliphatic imine (C=N–C) groups is 1. The minimum atomic E-state index is -4.17. The highest BCUT2D eigenvalue weighted by molar-refractivity contribution is 7.58. The summed E-state index contributed by atoms with van der Waals surface area (Å²) >= 11 is 0. The number of nitrogens with one attached hydrogen (secondary N) is 5. The highest BCUT2D eigenvalue weighted by Gasteiger charge is 2.51. The Bertz CT molecular complexity index is 3690. The molecule has 49 heteroatoms. The lowest BCUT2D eigenvalue weighted by Gasteiger charge is -2.42. The molecular formula is C78H126N10O37P2. The number of hydrogen-bond donors (Lipinski definition) is 18. The SMILES string of the molecule is C=P(O)(OC[C@@H]1C[C@@H](O)CN1C(=O)CCC(=O)NC(COCCC(=O)CCCC(=O)CCO[C@@H]1OC(CO)[C@H](O)[C@H](O)C1NC(C)=O)(COCCC(=O)CCCC(=O)CCO[C@@H]1OC(CO)[C@H](O)[C@H](O)C1NC(C)=O)COCCC(=O)NCCC(=O)CCO[C@@H]1OC(CO)[C@H](O)[C@H](O)C1NC(C)=O)O[C@H]1C[C@H](C2C=Nc3c(N)ncnc32)O[C@@H]1COP(=O)(O)C(C)C. The Balaban J connectivity index is 1.00. The summed E-state index contributed by atoms with van der Waals surface area (Å²) in [5.74, 6) is -6.16. The maximum Gasteiger partial charge on any atom is 0.330 e. The number of carbonyl (C=O) groups excluding carboxylic acids is 11. The van der Waals surface area contributed by atoms with Crippen LogP contribution in [0.3, 0.4) is 0 Å². The maximum atomic E-state index is 14.5. The van der Waals surface area contributed by atoms with Crippen LogP contribution in [-0.2, 0) is 118 Å². The zero-order valence-corrected chi connectivity index (χ0v) is 73.5. The average molecular weight is 1860 g/mol. The van der Waals surface area contributed by atoms with Crippen molar-refractivity contribution < 1.29 is 179 Å². The molecule has 5 saturated heterocycles. The van der Waals surface area contributed by atoms with Crippen LogP contribution in [0, 0.1) is 0 Å². The van der Waals surface area contributed by atoms with Crippen LogP contribution in [0.5, 0.6) is 0 Å². The fraction of sp³-hybridized carbons (Fsp3) is 0.782. The third-order valence-corrected chi connectivity index (χ3v) is 24.6. The fourth-order valence-electron chi connectivity index (χ4n) is 14.7. The lowest BCUT2D eigenvalue weighted by atomic mass is 9.97. The van der Waals surface area contributed by atoms with Crippen LogP contribution in [0.4, 0.5) is 11.5 Å². The number of anilines is 1. The van der Waals surface area contributed by atoms with E-state index in [1.807, 2.05) is 0 Å². The topological polar surface area (TPSA) is 695 Å². The average Bonchev–Trinajstić information content (AvgIpc) is 1.65. The Labute approximate surface area is 732 Å². The molecule has 0 spiro atoms. The first-order chi connectivity index (χ1) is 60.2. The molecule has 19 N–H and O–H groups in total. The van der Waals surface area contributed by atoms with Gasteiger partial charge in [0.15, 0.2) is 24.7 Å². The van der Waals surface area contributed by atoms with Crippen molar-refractivity contribution in [2.45, 2.75) is 283 Å². The molecular weight excluding hydrogens is 1730 g/mol. The third-order valence-electron chi connectivity index (χ3n) is 21.7. The van der Waals surface area contributed by atoms with Crippen molar-refractivity contribution in [3.05, 3.63) is 12.0 Å². The van der Waals surface area contributed by atoms with Crippen molar-refractivity contribution >= 4 is 104 Å². The van der Waals surface area contributed by atoms with Gasteiger partial charge >= 0.3 is 7.60 Å². The molecule has 720 valence electrons. The second kappa shape index (κ2) is 52.5. The molecule has 0 saturated carbocycles. The number of likely N-dealkylation sites (tertiary alicyclic amines) is 1. The van der Waals surface area contributed by atoms with Crippen LogP contribution in [0.1, 0.15) is 155 Å². The van der Waals surface area contributed by atoms with Crippen molar-refractivity contribution in [1.29, 1.82) is 0 Å². The number of nitrogen functional groups attached to an aromatic ring is 1. The van der Waals surface area contributed by atoms with Crippen LogP contribution < -0.4 is 32.3 Å².